The Labute approximate surface area is 195 Å². The summed E-state index contributed by atoms with van der Waals surface area (Å²) in [5, 5.41) is 4.93. The highest BCUT2D eigenvalue weighted by Crippen LogP contribution is 2.34. The summed E-state index contributed by atoms with van der Waals surface area (Å²) in [5.74, 6) is -2.20. The van der Waals surface area contributed by atoms with Crippen molar-refractivity contribution in [1.82, 2.24) is 10.2 Å². The molecule has 3 heterocycles. The van der Waals surface area contributed by atoms with E-state index >= 15 is 0 Å². The van der Waals surface area contributed by atoms with Gasteiger partial charge in [-0.25, -0.2) is 0 Å². The van der Waals surface area contributed by atoms with Crippen LogP contribution in [-0.4, -0.2) is 70.9 Å². The van der Waals surface area contributed by atoms with E-state index in [9.17, 15) is 24.0 Å². The van der Waals surface area contributed by atoms with Gasteiger partial charge >= 0.3 is 0 Å². The van der Waals surface area contributed by atoms with Gasteiger partial charge in [0.25, 0.3) is 11.8 Å². The third-order valence-corrected chi connectivity index (χ3v) is 7.44. The van der Waals surface area contributed by atoms with Gasteiger partial charge < -0.3 is 20.3 Å². The Morgan fingerprint density at radius 3 is 2.70 bits per heavy atom. The van der Waals surface area contributed by atoms with Crippen LogP contribution in [0.15, 0.2) is 18.2 Å². The number of benzene rings is 1. The molecule has 0 bridgehead atoms. The number of amides is 3. The molecule has 2 N–H and O–H groups in total. The summed E-state index contributed by atoms with van der Waals surface area (Å²) in [5.41, 5.74) is 1.34. The Kier molecular flexibility index (Phi) is 5.70. The number of anilines is 1. The summed E-state index contributed by atoms with van der Waals surface area (Å²) in [7, 11) is 0. The quantitative estimate of drug-likeness (QED) is 0.493. The molecule has 4 aliphatic rings. The third-order valence-electron chi connectivity index (χ3n) is 7.05. The maximum absolute atomic E-state index is 13.6. The van der Waals surface area contributed by atoms with Gasteiger partial charge in [0, 0.05) is 24.2 Å². The Hall–Kier alpha value is -2.78. The van der Waals surface area contributed by atoms with Crippen LogP contribution < -0.4 is 10.6 Å². The zero-order valence-corrected chi connectivity index (χ0v) is 18.6. The number of nitrogens with zero attached hydrogens (tertiary/aromatic N) is 1. The van der Waals surface area contributed by atoms with Crippen LogP contribution in [0.3, 0.4) is 0 Å². The number of ketones is 2. The highest BCUT2D eigenvalue weighted by atomic mass is 35.5. The van der Waals surface area contributed by atoms with E-state index in [-0.39, 0.29) is 37.2 Å². The summed E-state index contributed by atoms with van der Waals surface area (Å²) in [6, 6.07) is 3.20. The first kappa shape index (κ1) is 22.0. The number of carbonyl (C=O) groups excluding carboxylic acids is 5. The minimum Gasteiger partial charge on any atom is -0.366 e. The molecule has 3 fully saturated rings. The lowest BCUT2D eigenvalue weighted by molar-refractivity contribution is -0.139. The lowest BCUT2D eigenvalue weighted by atomic mass is 9.95. The molecule has 1 aliphatic carbocycles. The van der Waals surface area contributed by atoms with Crippen molar-refractivity contribution in [1.29, 1.82) is 0 Å². The van der Waals surface area contributed by atoms with Crippen LogP contribution in [0.1, 0.15) is 41.6 Å². The van der Waals surface area contributed by atoms with Crippen molar-refractivity contribution >= 4 is 46.6 Å². The second-order valence-electron chi connectivity index (χ2n) is 9.12. The summed E-state index contributed by atoms with van der Waals surface area (Å²) in [4.78, 5) is 63.9. The van der Waals surface area contributed by atoms with E-state index < -0.39 is 41.2 Å². The predicted octanol–water partition coefficient (Wildman–Crippen LogP) is 0.825. The highest BCUT2D eigenvalue weighted by molar-refractivity contribution is 6.42. The monoisotopic (exact) mass is 473 g/mol. The van der Waals surface area contributed by atoms with Gasteiger partial charge in [-0.3, -0.25) is 24.0 Å². The SMILES string of the molecule is O=C1Cc2cc(C(=O)N[C@H](C(=O)N3C[C@H](Cl)[C@H]4OCC(=O)[C@H]43)C3CCCC3)ccc2NC1=O. The molecular weight excluding hydrogens is 450 g/mol. The molecule has 0 radical (unpaired) electrons. The zero-order chi connectivity index (χ0) is 23.3. The van der Waals surface area contributed by atoms with Gasteiger partial charge in [-0.05, 0) is 42.5 Å². The predicted molar refractivity (Wildman–Crippen MR) is 117 cm³/mol. The number of rotatable bonds is 4. The van der Waals surface area contributed by atoms with Crippen molar-refractivity contribution in [3.8, 4) is 0 Å². The van der Waals surface area contributed by atoms with E-state index in [0.717, 1.165) is 25.7 Å². The molecule has 174 valence electrons. The summed E-state index contributed by atoms with van der Waals surface area (Å²) in [6.45, 7) is 0.133. The second kappa shape index (κ2) is 8.53. The maximum atomic E-state index is 13.6. The molecule has 9 nitrogen and oxygen atoms in total. The number of Topliss-reactive ketones (excluding diaryl/α,β-unsaturated/α-hetero) is 2. The van der Waals surface area contributed by atoms with Crippen molar-refractivity contribution in [2.24, 2.45) is 5.92 Å². The molecule has 0 spiro atoms. The molecule has 4 atom stereocenters. The van der Waals surface area contributed by atoms with E-state index in [2.05, 4.69) is 10.6 Å². The molecule has 0 unspecified atom stereocenters. The molecule has 1 aromatic rings. The van der Waals surface area contributed by atoms with Crippen molar-refractivity contribution < 1.29 is 28.7 Å². The number of halogens is 1. The fraction of sp³-hybridized carbons (Fsp3) is 0.522. The van der Waals surface area contributed by atoms with E-state index in [1.54, 1.807) is 18.2 Å². The highest BCUT2D eigenvalue weighted by Gasteiger charge is 2.53. The first-order valence-electron chi connectivity index (χ1n) is 11.2. The normalized spacial score (nSPS) is 27.8. The van der Waals surface area contributed by atoms with E-state index in [1.807, 2.05) is 0 Å². The van der Waals surface area contributed by atoms with E-state index in [0.29, 0.717) is 16.8 Å². The molecule has 3 amide bonds. The molecule has 1 aromatic carbocycles. The smallest absolute Gasteiger partial charge is 0.292 e. The van der Waals surface area contributed by atoms with Crippen LogP contribution >= 0.6 is 11.6 Å². The summed E-state index contributed by atoms with van der Waals surface area (Å²) >= 11 is 6.36. The summed E-state index contributed by atoms with van der Waals surface area (Å²) in [6.07, 6.45) is 2.95. The summed E-state index contributed by atoms with van der Waals surface area (Å²) < 4.78 is 5.49. The van der Waals surface area contributed by atoms with Gasteiger partial charge in [-0.2, -0.15) is 0 Å². The van der Waals surface area contributed by atoms with Crippen LogP contribution in [0.4, 0.5) is 5.69 Å². The number of hydrogen-bond donors (Lipinski definition) is 2. The second-order valence-corrected chi connectivity index (χ2v) is 9.68. The van der Waals surface area contributed by atoms with E-state index in [1.165, 1.54) is 4.90 Å². The minimum atomic E-state index is -0.784. The van der Waals surface area contributed by atoms with Crippen LogP contribution in [-0.2, 0) is 30.3 Å². The Morgan fingerprint density at radius 1 is 1.18 bits per heavy atom. The first-order chi connectivity index (χ1) is 15.8. The molecular formula is C23H24ClN3O6. The standard InChI is InChI=1S/C23H24ClN3O6/c24-14-9-27(19-17(29)10-33-20(14)19)23(32)18(11-3-1-2-4-11)26-21(30)12-5-6-15-13(7-12)8-16(28)22(31)25-15/h5-7,11,14,18-20H,1-4,8-10H2,(H,25,31)(H,26,30)/t14-,18-,19+,20+/m0/s1. The van der Waals surface area contributed by atoms with Gasteiger partial charge in [-0.15, -0.1) is 11.6 Å². The minimum absolute atomic E-state index is 0.0369. The largest absolute Gasteiger partial charge is 0.366 e. The fourth-order valence-corrected chi connectivity index (χ4v) is 5.71. The number of carbonyl (C=O) groups is 5. The van der Waals surface area contributed by atoms with Crippen molar-refractivity contribution in [3.63, 3.8) is 0 Å². The van der Waals surface area contributed by atoms with Crippen molar-refractivity contribution in [2.75, 3.05) is 18.5 Å². The molecule has 10 heteroatoms. The number of hydrogen-bond acceptors (Lipinski definition) is 6. The molecule has 1 saturated carbocycles. The number of nitrogens with one attached hydrogen (secondary N) is 2. The molecule has 2 saturated heterocycles. The van der Waals surface area contributed by atoms with Gasteiger partial charge in [-0.1, -0.05) is 12.8 Å². The number of ether oxygens (including phenoxy) is 1. The van der Waals surface area contributed by atoms with Gasteiger partial charge in [0.1, 0.15) is 24.8 Å². The number of likely N-dealkylation sites (tertiary alicyclic amines) is 1. The topological polar surface area (TPSA) is 122 Å². The van der Waals surface area contributed by atoms with Crippen LogP contribution in [0.25, 0.3) is 0 Å². The average molecular weight is 474 g/mol. The van der Waals surface area contributed by atoms with Crippen LogP contribution in [0, 0.1) is 5.92 Å². The molecule has 0 aromatic heterocycles. The number of fused-ring (bicyclic) bond motifs is 2. The van der Waals surface area contributed by atoms with Crippen molar-refractivity contribution in [2.45, 2.75) is 55.7 Å². The third kappa shape index (κ3) is 3.93. The van der Waals surface area contributed by atoms with Crippen LogP contribution in [0.2, 0.25) is 0 Å². The van der Waals surface area contributed by atoms with Crippen LogP contribution in [0.5, 0.6) is 0 Å². The van der Waals surface area contributed by atoms with E-state index in [4.69, 9.17) is 16.3 Å². The van der Waals surface area contributed by atoms with Gasteiger partial charge in [0.2, 0.25) is 11.7 Å². The Morgan fingerprint density at radius 2 is 1.94 bits per heavy atom. The van der Waals surface area contributed by atoms with Gasteiger partial charge in [0.15, 0.2) is 5.78 Å². The van der Waals surface area contributed by atoms with Crippen molar-refractivity contribution in [3.05, 3.63) is 29.3 Å². The Balaban J connectivity index is 1.38. The lowest BCUT2D eigenvalue weighted by Crippen LogP contribution is -2.54. The maximum Gasteiger partial charge on any atom is 0.292 e. The van der Waals surface area contributed by atoms with Gasteiger partial charge in [0.05, 0.1) is 5.38 Å². The Bertz CT molecular complexity index is 1050. The molecule has 3 aliphatic heterocycles. The molecule has 5 rings (SSSR count). The number of alkyl halides is 1. The lowest BCUT2D eigenvalue weighted by Gasteiger charge is -2.30. The fourth-order valence-electron chi connectivity index (χ4n) is 5.35. The zero-order valence-electron chi connectivity index (χ0n) is 17.8. The average Bonchev–Trinajstić information content (AvgIpc) is 3.52. The first-order valence-corrected chi connectivity index (χ1v) is 11.6. The molecule has 33 heavy (non-hydrogen) atoms.